The average Bonchev–Trinajstić information content (AvgIpc) is 2.59. The number of nitrogens with one attached hydrogen (secondary N) is 1. The van der Waals surface area contributed by atoms with E-state index in [2.05, 4.69) is 43.2 Å². The monoisotopic (exact) mass is 420 g/mol. The summed E-state index contributed by atoms with van der Waals surface area (Å²) < 4.78 is 0. The summed E-state index contributed by atoms with van der Waals surface area (Å²) in [4.78, 5) is 11.6. The Bertz CT molecular complexity index is 665. The van der Waals surface area contributed by atoms with Gasteiger partial charge in [-0.25, -0.2) is 0 Å². The molecule has 2 aromatic carbocycles. The Labute approximate surface area is 146 Å². The van der Waals surface area contributed by atoms with Crippen molar-refractivity contribution in [2.45, 2.75) is 16.2 Å². The van der Waals surface area contributed by atoms with Crippen molar-refractivity contribution >= 4 is 37.8 Å². The largest absolute Gasteiger partial charge is 0.351 e. The van der Waals surface area contributed by atoms with Crippen molar-refractivity contribution in [1.29, 1.82) is 5.26 Å². The van der Waals surface area contributed by atoms with E-state index in [1.54, 1.807) is 12.1 Å². The molecule has 0 aliphatic heterocycles. The lowest BCUT2D eigenvalue weighted by Gasteiger charge is -2.17. The van der Waals surface area contributed by atoms with Crippen LogP contribution in [0.5, 0.6) is 0 Å². The Kier molecular flexibility index (Phi) is 6.17. The molecule has 0 bridgehead atoms. The standard InChI is InChI=1S/C17H14Br2N2O/c18-15(14-8-6-12(10-20)7-9-14)16(19)17(22)21-11-13-4-2-1-3-5-13/h1-9,15-16H,11H2,(H,21,22)/t15-,16-/m1/s1. The summed E-state index contributed by atoms with van der Waals surface area (Å²) in [6.07, 6.45) is 0. The molecule has 2 atom stereocenters. The van der Waals surface area contributed by atoms with Gasteiger partial charge in [0.1, 0.15) is 4.83 Å². The molecule has 0 aliphatic rings. The highest BCUT2D eigenvalue weighted by Crippen LogP contribution is 2.31. The number of hydrogen-bond acceptors (Lipinski definition) is 2. The number of benzene rings is 2. The second kappa shape index (κ2) is 8.11. The van der Waals surface area contributed by atoms with Crippen molar-refractivity contribution in [3.8, 4) is 6.07 Å². The first-order valence-corrected chi connectivity index (χ1v) is 8.55. The summed E-state index contributed by atoms with van der Waals surface area (Å²) in [5.41, 5.74) is 2.60. The van der Waals surface area contributed by atoms with Crippen molar-refractivity contribution in [1.82, 2.24) is 5.32 Å². The molecular formula is C17H14Br2N2O. The SMILES string of the molecule is N#Cc1ccc([C@@H](Br)[C@@H](Br)C(=O)NCc2ccccc2)cc1. The normalized spacial score (nSPS) is 13.0. The van der Waals surface area contributed by atoms with Crippen LogP contribution in [0.4, 0.5) is 0 Å². The molecule has 0 unspecified atom stereocenters. The molecule has 1 N–H and O–H groups in total. The smallest absolute Gasteiger partial charge is 0.235 e. The average molecular weight is 422 g/mol. The summed E-state index contributed by atoms with van der Waals surface area (Å²) in [6.45, 7) is 0.495. The van der Waals surface area contributed by atoms with Crippen LogP contribution in [0.15, 0.2) is 54.6 Å². The van der Waals surface area contributed by atoms with Gasteiger partial charge in [-0.05, 0) is 23.3 Å². The Balaban J connectivity index is 1.95. The molecule has 5 heteroatoms. The predicted molar refractivity (Wildman–Crippen MR) is 93.8 cm³/mol. The Morgan fingerprint density at radius 2 is 1.73 bits per heavy atom. The molecule has 2 aromatic rings. The van der Waals surface area contributed by atoms with Crippen molar-refractivity contribution in [2.75, 3.05) is 0 Å². The van der Waals surface area contributed by atoms with Gasteiger partial charge in [-0.15, -0.1) is 0 Å². The summed E-state index contributed by atoms with van der Waals surface area (Å²) in [5, 5.41) is 11.7. The molecular weight excluding hydrogens is 408 g/mol. The summed E-state index contributed by atoms with van der Waals surface area (Å²) in [5.74, 6) is -0.0879. The van der Waals surface area contributed by atoms with E-state index in [1.807, 2.05) is 42.5 Å². The van der Waals surface area contributed by atoms with Gasteiger partial charge in [0.05, 0.1) is 16.5 Å². The second-order valence-electron chi connectivity index (χ2n) is 4.74. The first-order chi connectivity index (χ1) is 10.6. The van der Waals surface area contributed by atoms with Crippen LogP contribution in [-0.2, 0) is 11.3 Å². The van der Waals surface area contributed by atoms with Gasteiger partial charge in [0.15, 0.2) is 0 Å². The quantitative estimate of drug-likeness (QED) is 0.739. The molecule has 2 rings (SSSR count). The zero-order valence-electron chi connectivity index (χ0n) is 11.7. The number of nitrogens with zero attached hydrogens (tertiary/aromatic N) is 1. The second-order valence-corrected chi connectivity index (χ2v) is 6.71. The Hall–Kier alpha value is -1.64. The highest BCUT2D eigenvalue weighted by Gasteiger charge is 2.24. The maximum atomic E-state index is 12.2. The minimum Gasteiger partial charge on any atom is -0.351 e. The number of hydrogen-bond donors (Lipinski definition) is 1. The maximum Gasteiger partial charge on any atom is 0.235 e. The fourth-order valence-electron chi connectivity index (χ4n) is 1.93. The number of carbonyl (C=O) groups is 1. The number of amides is 1. The van der Waals surface area contributed by atoms with E-state index in [1.165, 1.54) is 0 Å². The molecule has 0 saturated heterocycles. The van der Waals surface area contributed by atoms with Crippen LogP contribution in [0.25, 0.3) is 0 Å². The molecule has 22 heavy (non-hydrogen) atoms. The molecule has 3 nitrogen and oxygen atoms in total. The highest BCUT2D eigenvalue weighted by atomic mass is 79.9. The fraction of sp³-hybridized carbons (Fsp3) is 0.176. The number of rotatable bonds is 5. The first-order valence-electron chi connectivity index (χ1n) is 6.71. The summed E-state index contributed by atoms with van der Waals surface area (Å²) >= 11 is 6.96. The van der Waals surface area contributed by atoms with E-state index in [9.17, 15) is 4.79 Å². The van der Waals surface area contributed by atoms with Gasteiger partial charge in [-0.3, -0.25) is 4.79 Å². The van der Waals surface area contributed by atoms with E-state index in [0.717, 1.165) is 11.1 Å². The van der Waals surface area contributed by atoms with Crippen LogP contribution < -0.4 is 5.32 Å². The third-order valence-corrected chi connectivity index (χ3v) is 5.89. The molecule has 0 spiro atoms. The topological polar surface area (TPSA) is 52.9 Å². The first kappa shape index (κ1) is 16.7. The number of halogens is 2. The van der Waals surface area contributed by atoms with Gasteiger partial charge < -0.3 is 5.32 Å². The zero-order chi connectivity index (χ0) is 15.9. The lowest BCUT2D eigenvalue weighted by molar-refractivity contribution is -0.120. The number of nitriles is 1. The molecule has 0 saturated carbocycles. The van der Waals surface area contributed by atoms with E-state index in [-0.39, 0.29) is 10.7 Å². The van der Waals surface area contributed by atoms with Gasteiger partial charge >= 0.3 is 0 Å². The number of carbonyl (C=O) groups excluding carboxylic acids is 1. The Morgan fingerprint density at radius 1 is 1.09 bits per heavy atom. The van der Waals surface area contributed by atoms with Crippen LogP contribution >= 0.6 is 31.9 Å². The van der Waals surface area contributed by atoms with E-state index < -0.39 is 4.83 Å². The lowest BCUT2D eigenvalue weighted by Crippen LogP contribution is -2.32. The molecule has 0 radical (unpaired) electrons. The van der Waals surface area contributed by atoms with Gasteiger partial charge in [-0.1, -0.05) is 74.3 Å². The van der Waals surface area contributed by atoms with Crippen LogP contribution in [0.1, 0.15) is 21.5 Å². The predicted octanol–water partition coefficient (Wildman–Crippen LogP) is 4.07. The van der Waals surface area contributed by atoms with Crippen molar-refractivity contribution in [3.05, 3.63) is 71.3 Å². The minimum atomic E-state index is -0.399. The van der Waals surface area contributed by atoms with E-state index >= 15 is 0 Å². The van der Waals surface area contributed by atoms with Gasteiger partial charge in [0.2, 0.25) is 5.91 Å². The number of alkyl halides is 2. The van der Waals surface area contributed by atoms with E-state index in [0.29, 0.717) is 12.1 Å². The van der Waals surface area contributed by atoms with Crippen LogP contribution in [-0.4, -0.2) is 10.7 Å². The fourth-order valence-corrected chi connectivity index (χ4v) is 2.94. The molecule has 0 heterocycles. The summed E-state index contributed by atoms with van der Waals surface area (Å²) in [6, 6.07) is 19.0. The maximum absolute atomic E-state index is 12.2. The third kappa shape index (κ3) is 4.43. The minimum absolute atomic E-state index is 0.0879. The van der Waals surface area contributed by atoms with Gasteiger partial charge in [0, 0.05) is 6.54 Å². The third-order valence-electron chi connectivity index (χ3n) is 3.18. The van der Waals surface area contributed by atoms with E-state index in [4.69, 9.17) is 5.26 Å². The summed E-state index contributed by atoms with van der Waals surface area (Å²) in [7, 11) is 0. The Morgan fingerprint density at radius 3 is 2.32 bits per heavy atom. The van der Waals surface area contributed by atoms with Gasteiger partial charge in [-0.2, -0.15) is 5.26 Å². The molecule has 0 fully saturated rings. The molecule has 1 amide bonds. The molecule has 112 valence electrons. The van der Waals surface area contributed by atoms with Crippen molar-refractivity contribution in [2.24, 2.45) is 0 Å². The zero-order valence-corrected chi connectivity index (χ0v) is 14.8. The van der Waals surface area contributed by atoms with Crippen LogP contribution in [0.3, 0.4) is 0 Å². The van der Waals surface area contributed by atoms with Crippen molar-refractivity contribution < 1.29 is 4.79 Å². The molecule has 0 aromatic heterocycles. The highest BCUT2D eigenvalue weighted by molar-refractivity contribution is 9.12. The van der Waals surface area contributed by atoms with Crippen LogP contribution in [0.2, 0.25) is 0 Å². The van der Waals surface area contributed by atoms with Gasteiger partial charge in [0.25, 0.3) is 0 Å². The lowest BCUT2D eigenvalue weighted by atomic mass is 10.1. The molecule has 0 aliphatic carbocycles. The van der Waals surface area contributed by atoms with Crippen LogP contribution in [0, 0.1) is 11.3 Å². The van der Waals surface area contributed by atoms with Crippen molar-refractivity contribution in [3.63, 3.8) is 0 Å².